The second-order valence-electron chi connectivity index (χ2n) is 3.58. The number of hydrogen-bond acceptors (Lipinski definition) is 3. The SMILES string of the molecule is CCCCOCCCNc1ncccc1Br. The van der Waals surface area contributed by atoms with Crippen molar-refractivity contribution in [2.45, 2.75) is 26.2 Å². The molecular formula is C12H19BrN2O. The number of aromatic nitrogens is 1. The maximum Gasteiger partial charge on any atom is 0.140 e. The van der Waals surface area contributed by atoms with Gasteiger partial charge in [0.1, 0.15) is 5.82 Å². The molecule has 0 bridgehead atoms. The summed E-state index contributed by atoms with van der Waals surface area (Å²) in [6, 6.07) is 3.89. The molecule has 4 heteroatoms. The molecule has 16 heavy (non-hydrogen) atoms. The molecule has 0 unspecified atom stereocenters. The van der Waals surface area contributed by atoms with Crippen LogP contribution in [-0.4, -0.2) is 24.7 Å². The van der Waals surface area contributed by atoms with Gasteiger partial charge in [-0.2, -0.15) is 0 Å². The Balaban J connectivity index is 2.05. The molecule has 1 aromatic rings. The molecule has 0 aromatic carbocycles. The van der Waals surface area contributed by atoms with Gasteiger partial charge in [0.05, 0.1) is 4.47 Å². The van der Waals surface area contributed by atoms with E-state index in [9.17, 15) is 0 Å². The van der Waals surface area contributed by atoms with Crippen molar-refractivity contribution >= 4 is 21.7 Å². The second-order valence-corrected chi connectivity index (χ2v) is 4.43. The highest BCUT2D eigenvalue weighted by molar-refractivity contribution is 9.10. The van der Waals surface area contributed by atoms with Gasteiger partial charge in [0.25, 0.3) is 0 Å². The average Bonchev–Trinajstić information content (AvgIpc) is 2.30. The lowest BCUT2D eigenvalue weighted by Crippen LogP contribution is -2.07. The summed E-state index contributed by atoms with van der Waals surface area (Å²) in [6.45, 7) is 4.76. The van der Waals surface area contributed by atoms with E-state index in [1.54, 1.807) is 6.20 Å². The van der Waals surface area contributed by atoms with Gasteiger partial charge in [0.2, 0.25) is 0 Å². The molecule has 1 aromatic heterocycles. The molecule has 0 fully saturated rings. The lowest BCUT2D eigenvalue weighted by molar-refractivity contribution is 0.131. The summed E-state index contributed by atoms with van der Waals surface area (Å²) in [7, 11) is 0. The average molecular weight is 287 g/mol. The van der Waals surface area contributed by atoms with Crippen LogP contribution in [0.25, 0.3) is 0 Å². The zero-order valence-electron chi connectivity index (χ0n) is 9.71. The fourth-order valence-electron chi connectivity index (χ4n) is 1.25. The third kappa shape index (κ3) is 5.47. The highest BCUT2D eigenvalue weighted by Crippen LogP contribution is 2.17. The molecule has 0 saturated heterocycles. The normalized spacial score (nSPS) is 10.4. The van der Waals surface area contributed by atoms with Gasteiger partial charge in [-0.25, -0.2) is 4.98 Å². The van der Waals surface area contributed by atoms with Gasteiger partial charge in [-0.3, -0.25) is 0 Å². The van der Waals surface area contributed by atoms with E-state index in [2.05, 4.69) is 33.2 Å². The molecule has 90 valence electrons. The molecular weight excluding hydrogens is 268 g/mol. The quantitative estimate of drug-likeness (QED) is 0.743. The van der Waals surface area contributed by atoms with Crippen molar-refractivity contribution in [3.05, 3.63) is 22.8 Å². The molecule has 0 radical (unpaired) electrons. The van der Waals surface area contributed by atoms with E-state index in [1.165, 1.54) is 6.42 Å². The lowest BCUT2D eigenvalue weighted by atomic mass is 10.3. The summed E-state index contributed by atoms with van der Waals surface area (Å²) in [4.78, 5) is 4.23. The maximum atomic E-state index is 5.47. The highest BCUT2D eigenvalue weighted by atomic mass is 79.9. The van der Waals surface area contributed by atoms with E-state index in [-0.39, 0.29) is 0 Å². The Morgan fingerprint density at radius 2 is 2.19 bits per heavy atom. The summed E-state index contributed by atoms with van der Waals surface area (Å²) < 4.78 is 6.47. The smallest absolute Gasteiger partial charge is 0.140 e. The minimum absolute atomic E-state index is 0.817. The number of pyridine rings is 1. The monoisotopic (exact) mass is 286 g/mol. The van der Waals surface area contributed by atoms with E-state index in [1.807, 2.05) is 12.1 Å². The first kappa shape index (κ1) is 13.5. The second kappa shape index (κ2) is 8.53. The minimum Gasteiger partial charge on any atom is -0.381 e. The Morgan fingerprint density at radius 1 is 1.38 bits per heavy atom. The first-order chi connectivity index (χ1) is 7.84. The Morgan fingerprint density at radius 3 is 2.94 bits per heavy atom. The number of ether oxygens (including phenoxy) is 1. The van der Waals surface area contributed by atoms with Crippen LogP contribution < -0.4 is 5.32 Å². The van der Waals surface area contributed by atoms with Crippen LogP contribution in [0, 0.1) is 0 Å². The van der Waals surface area contributed by atoms with Gasteiger partial charge in [0, 0.05) is 26.0 Å². The molecule has 0 aliphatic heterocycles. The van der Waals surface area contributed by atoms with E-state index in [4.69, 9.17) is 4.74 Å². The molecule has 1 N–H and O–H groups in total. The Kier molecular flexibility index (Phi) is 7.17. The summed E-state index contributed by atoms with van der Waals surface area (Å²) >= 11 is 3.44. The van der Waals surface area contributed by atoms with Gasteiger partial charge < -0.3 is 10.1 Å². The van der Waals surface area contributed by atoms with Crippen molar-refractivity contribution in [3.63, 3.8) is 0 Å². The number of nitrogens with one attached hydrogen (secondary N) is 1. The van der Waals surface area contributed by atoms with Crippen molar-refractivity contribution in [2.75, 3.05) is 25.1 Å². The summed E-state index contributed by atoms with van der Waals surface area (Å²) in [5, 5.41) is 3.27. The highest BCUT2D eigenvalue weighted by Gasteiger charge is 1.97. The topological polar surface area (TPSA) is 34.1 Å². The molecule has 1 heterocycles. The fourth-order valence-corrected chi connectivity index (χ4v) is 1.64. The number of halogens is 1. The van der Waals surface area contributed by atoms with Crippen LogP contribution in [0.5, 0.6) is 0 Å². The van der Waals surface area contributed by atoms with Crippen LogP contribution in [0.2, 0.25) is 0 Å². The van der Waals surface area contributed by atoms with Crippen LogP contribution in [-0.2, 0) is 4.74 Å². The Hall–Kier alpha value is -0.610. The molecule has 0 saturated carbocycles. The van der Waals surface area contributed by atoms with Crippen LogP contribution in [0.15, 0.2) is 22.8 Å². The van der Waals surface area contributed by atoms with Crippen molar-refractivity contribution in [3.8, 4) is 0 Å². The van der Waals surface area contributed by atoms with Crippen LogP contribution in [0.4, 0.5) is 5.82 Å². The van der Waals surface area contributed by atoms with Crippen molar-refractivity contribution in [2.24, 2.45) is 0 Å². The zero-order chi connectivity index (χ0) is 11.6. The van der Waals surface area contributed by atoms with Gasteiger partial charge in [-0.1, -0.05) is 13.3 Å². The van der Waals surface area contributed by atoms with Gasteiger partial charge >= 0.3 is 0 Å². The molecule has 0 aliphatic rings. The number of anilines is 1. The fraction of sp³-hybridized carbons (Fsp3) is 0.583. The van der Waals surface area contributed by atoms with Crippen LogP contribution in [0.1, 0.15) is 26.2 Å². The van der Waals surface area contributed by atoms with Gasteiger partial charge in [-0.05, 0) is 40.9 Å². The number of unbranched alkanes of at least 4 members (excludes halogenated alkanes) is 1. The first-order valence-electron chi connectivity index (χ1n) is 5.76. The Bertz CT molecular complexity index is 294. The zero-order valence-corrected chi connectivity index (χ0v) is 11.3. The standard InChI is InChI=1S/C12H19BrN2O/c1-2-3-9-16-10-5-8-15-12-11(13)6-4-7-14-12/h4,6-7H,2-3,5,8-10H2,1H3,(H,14,15). The minimum atomic E-state index is 0.817. The lowest BCUT2D eigenvalue weighted by Gasteiger charge is -2.07. The summed E-state index contributed by atoms with van der Waals surface area (Å²) in [5.74, 6) is 0.899. The van der Waals surface area contributed by atoms with E-state index in [0.717, 1.165) is 42.9 Å². The molecule has 0 atom stereocenters. The van der Waals surface area contributed by atoms with E-state index in [0.29, 0.717) is 0 Å². The summed E-state index contributed by atoms with van der Waals surface area (Å²) in [6.07, 6.45) is 5.13. The predicted molar refractivity (Wildman–Crippen MR) is 70.8 cm³/mol. The van der Waals surface area contributed by atoms with Crippen LogP contribution >= 0.6 is 15.9 Å². The first-order valence-corrected chi connectivity index (χ1v) is 6.56. The third-order valence-corrected chi connectivity index (χ3v) is 2.80. The molecule has 3 nitrogen and oxygen atoms in total. The predicted octanol–water partition coefficient (Wildman–Crippen LogP) is 3.46. The maximum absolute atomic E-state index is 5.47. The Labute approximate surface area is 106 Å². The van der Waals surface area contributed by atoms with Crippen LogP contribution in [0.3, 0.4) is 0 Å². The van der Waals surface area contributed by atoms with Gasteiger partial charge in [0.15, 0.2) is 0 Å². The molecule has 1 rings (SSSR count). The van der Waals surface area contributed by atoms with Crippen molar-refractivity contribution in [1.82, 2.24) is 4.98 Å². The molecule has 0 amide bonds. The molecule has 0 aliphatic carbocycles. The summed E-state index contributed by atoms with van der Waals surface area (Å²) in [5.41, 5.74) is 0. The molecule has 0 spiro atoms. The number of hydrogen-bond donors (Lipinski definition) is 1. The number of rotatable bonds is 8. The third-order valence-electron chi connectivity index (χ3n) is 2.16. The van der Waals surface area contributed by atoms with E-state index >= 15 is 0 Å². The van der Waals surface area contributed by atoms with E-state index < -0.39 is 0 Å². The largest absolute Gasteiger partial charge is 0.381 e. The van der Waals surface area contributed by atoms with Crippen molar-refractivity contribution < 1.29 is 4.74 Å². The van der Waals surface area contributed by atoms with Gasteiger partial charge in [-0.15, -0.1) is 0 Å². The van der Waals surface area contributed by atoms with Crippen molar-refractivity contribution in [1.29, 1.82) is 0 Å². The number of nitrogens with zero attached hydrogens (tertiary/aromatic N) is 1.